The number of nitrogens with zero attached hydrogens (tertiary/aromatic N) is 5. The van der Waals surface area contributed by atoms with Crippen molar-refractivity contribution in [3.05, 3.63) is 35.4 Å². The second kappa shape index (κ2) is 7.23. The number of aromatic nitrogens is 4. The molecule has 4 heterocycles. The molecule has 2 fully saturated rings. The Balaban J connectivity index is 1.53. The van der Waals surface area contributed by atoms with Gasteiger partial charge < -0.3 is 9.64 Å². The lowest BCUT2D eigenvalue weighted by Crippen LogP contribution is -2.30. The van der Waals surface area contributed by atoms with Crippen LogP contribution in [0.5, 0.6) is 0 Å². The molecular formula is C19H27N5O2. The number of likely N-dealkylation sites (tertiary alicyclic amines) is 1. The van der Waals surface area contributed by atoms with Crippen molar-refractivity contribution in [3.8, 4) is 0 Å². The third-order valence-electron chi connectivity index (χ3n) is 5.51. The van der Waals surface area contributed by atoms with Gasteiger partial charge in [0.2, 0.25) is 0 Å². The van der Waals surface area contributed by atoms with Crippen molar-refractivity contribution in [2.75, 3.05) is 26.3 Å². The number of hydrogen-bond acceptors (Lipinski definition) is 4. The van der Waals surface area contributed by atoms with Crippen LogP contribution in [0.1, 0.15) is 59.8 Å². The molecule has 0 radical (unpaired) electrons. The molecule has 0 bridgehead atoms. The first-order chi connectivity index (χ1) is 12.7. The summed E-state index contributed by atoms with van der Waals surface area (Å²) >= 11 is 0. The predicted molar refractivity (Wildman–Crippen MR) is 97.2 cm³/mol. The van der Waals surface area contributed by atoms with Crippen LogP contribution in [-0.2, 0) is 11.3 Å². The first kappa shape index (κ1) is 17.3. The SMILES string of the molecule is CCn1cc(C(=O)N2CCC(n3cc(C)cn3)C2)c(C2CCOCC2)n1. The van der Waals surface area contributed by atoms with E-state index in [2.05, 4.69) is 18.2 Å². The van der Waals surface area contributed by atoms with Gasteiger partial charge in [-0.2, -0.15) is 10.2 Å². The van der Waals surface area contributed by atoms with Gasteiger partial charge in [0.1, 0.15) is 0 Å². The molecule has 26 heavy (non-hydrogen) atoms. The van der Waals surface area contributed by atoms with Crippen LogP contribution in [-0.4, -0.2) is 56.7 Å². The highest BCUT2D eigenvalue weighted by atomic mass is 16.5. The number of amides is 1. The van der Waals surface area contributed by atoms with E-state index >= 15 is 0 Å². The molecule has 2 aliphatic heterocycles. The second-order valence-corrected chi connectivity index (χ2v) is 7.36. The van der Waals surface area contributed by atoms with Crippen LogP contribution in [0.25, 0.3) is 0 Å². The van der Waals surface area contributed by atoms with E-state index in [0.717, 1.165) is 62.4 Å². The van der Waals surface area contributed by atoms with Crippen molar-refractivity contribution in [2.24, 2.45) is 0 Å². The first-order valence-electron chi connectivity index (χ1n) is 9.60. The summed E-state index contributed by atoms with van der Waals surface area (Å²) in [6, 6.07) is 0.264. The molecule has 140 valence electrons. The van der Waals surface area contributed by atoms with Crippen LogP contribution in [0.3, 0.4) is 0 Å². The summed E-state index contributed by atoms with van der Waals surface area (Å²) in [6.45, 7) is 7.86. The monoisotopic (exact) mass is 357 g/mol. The molecular weight excluding hydrogens is 330 g/mol. The van der Waals surface area contributed by atoms with Crippen LogP contribution in [0.4, 0.5) is 0 Å². The van der Waals surface area contributed by atoms with Crippen LogP contribution < -0.4 is 0 Å². The quantitative estimate of drug-likeness (QED) is 0.843. The van der Waals surface area contributed by atoms with Crippen molar-refractivity contribution in [2.45, 2.75) is 51.6 Å². The fourth-order valence-corrected chi connectivity index (χ4v) is 3.98. The highest BCUT2D eigenvalue weighted by Gasteiger charge is 2.32. The standard InChI is InChI=1S/C19H27N5O2/c1-3-23-13-17(18(21-23)15-5-8-26-9-6-15)19(25)22-7-4-16(12-22)24-11-14(2)10-20-24/h10-11,13,15-16H,3-9,12H2,1-2H3. The highest BCUT2D eigenvalue weighted by Crippen LogP contribution is 2.30. The van der Waals surface area contributed by atoms with Gasteiger partial charge in [-0.1, -0.05) is 0 Å². The van der Waals surface area contributed by atoms with E-state index in [-0.39, 0.29) is 11.9 Å². The number of ether oxygens (including phenoxy) is 1. The van der Waals surface area contributed by atoms with Gasteiger partial charge in [-0.3, -0.25) is 14.2 Å². The molecule has 7 nitrogen and oxygen atoms in total. The summed E-state index contributed by atoms with van der Waals surface area (Å²) < 4.78 is 9.37. The fourth-order valence-electron chi connectivity index (χ4n) is 3.98. The van der Waals surface area contributed by atoms with Crippen LogP contribution >= 0.6 is 0 Å². The predicted octanol–water partition coefficient (Wildman–Crippen LogP) is 2.39. The maximum Gasteiger partial charge on any atom is 0.257 e. The maximum absolute atomic E-state index is 13.2. The smallest absolute Gasteiger partial charge is 0.257 e. The Labute approximate surface area is 153 Å². The Hall–Kier alpha value is -2.15. The average molecular weight is 357 g/mol. The highest BCUT2D eigenvalue weighted by molar-refractivity contribution is 5.95. The Kier molecular flexibility index (Phi) is 4.80. The van der Waals surface area contributed by atoms with E-state index in [4.69, 9.17) is 9.84 Å². The Bertz CT molecular complexity index is 775. The van der Waals surface area contributed by atoms with Crippen molar-refractivity contribution in [1.29, 1.82) is 0 Å². The number of rotatable bonds is 4. The molecule has 0 spiro atoms. The zero-order valence-corrected chi connectivity index (χ0v) is 15.6. The number of hydrogen-bond donors (Lipinski definition) is 0. The molecule has 0 aliphatic carbocycles. The normalized spacial score (nSPS) is 21.5. The summed E-state index contributed by atoms with van der Waals surface area (Å²) in [7, 11) is 0. The largest absolute Gasteiger partial charge is 0.381 e. The van der Waals surface area contributed by atoms with Gasteiger partial charge in [0.05, 0.1) is 23.5 Å². The molecule has 7 heteroatoms. The Morgan fingerprint density at radius 2 is 2.08 bits per heavy atom. The first-order valence-corrected chi connectivity index (χ1v) is 9.60. The minimum absolute atomic E-state index is 0.109. The van der Waals surface area contributed by atoms with Gasteiger partial charge in [-0.05, 0) is 38.7 Å². The van der Waals surface area contributed by atoms with Gasteiger partial charge in [-0.25, -0.2) is 0 Å². The summed E-state index contributed by atoms with van der Waals surface area (Å²) in [6.07, 6.45) is 8.69. The molecule has 2 saturated heterocycles. The summed E-state index contributed by atoms with van der Waals surface area (Å²) in [5.41, 5.74) is 2.88. The van der Waals surface area contributed by atoms with Crippen molar-refractivity contribution in [1.82, 2.24) is 24.5 Å². The molecule has 1 atom stereocenters. The molecule has 0 N–H and O–H groups in total. The molecule has 0 aromatic carbocycles. The minimum atomic E-state index is 0.109. The third kappa shape index (κ3) is 3.28. The molecule has 4 rings (SSSR count). The van der Waals surface area contributed by atoms with Gasteiger partial charge in [0, 0.05) is 51.2 Å². The number of aryl methyl sites for hydroxylation is 2. The lowest BCUT2D eigenvalue weighted by Gasteiger charge is -2.22. The topological polar surface area (TPSA) is 65.2 Å². The Morgan fingerprint density at radius 3 is 2.77 bits per heavy atom. The van der Waals surface area contributed by atoms with Crippen LogP contribution in [0, 0.1) is 6.92 Å². The van der Waals surface area contributed by atoms with E-state index in [0.29, 0.717) is 12.5 Å². The van der Waals surface area contributed by atoms with E-state index in [9.17, 15) is 4.79 Å². The lowest BCUT2D eigenvalue weighted by molar-refractivity contribution is 0.0766. The van der Waals surface area contributed by atoms with Crippen molar-refractivity contribution in [3.63, 3.8) is 0 Å². The zero-order chi connectivity index (χ0) is 18.1. The third-order valence-corrected chi connectivity index (χ3v) is 5.51. The maximum atomic E-state index is 13.2. The second-order valence-electron chi connectivity index (χ2n) is 7.36. The van der Waals surface area contributed by atoms with Gasteiger partial charge in [-0.15, -0.1) is 0 Å². The van der Waals surface area contributed by atoms with Crippen LogP contribution in [0.15, 0.2) is 18.6 Å². The van der Waals surface area contributed by atoms with E-state index in [1.54, 1.807) is 0 Å². The van der Waals surface area contributed by atoms with Crippen molar-refractivity contribution < 1.29 is 9.53 Å². The van der Waals surface area contributed by atoms with Gasteiger partial charge in [0.25, 0.3) is 5.91 Å². The lowest BCUT2D eigenvalue weighted by atomic mass is 9.93. The Morgan fingerprint density at radius 1 is 1.27 bits per heavy atom. The molecule has 2 aromatic rings. The fraction of sp³-hybridized carbons (Fsp3) is 0.632. The molecule has 2 aromatic heterocycles. The molecule has 2 aliphatic rings. The van der Waals surface area contributed by atoms with Crippen molar-refractivity contribution >= 4 is 5.91 Å². The summed E-state index contributed by atoms with van der Waals surface area (Å²) in [5, 5.41) is 9.14. The number of carbonyl (C=O) groups excluding carboxylic acids is 1. The van der Waals surface area contributed by atoms with Gasteiger partial charge in [0.15, 0.2) is 0 Å². The van der Waals surface area contributed by atoms with E-state index < -0.39 is 0 Å². The molecule has 0 saturated carbocycles. The van der Waals surface area contributed by atoms with E-state index in [1.807, 2.05) is 33.6 Å². The summed E-state index contributed by atoms with van der Waals surface area (Å²) in [5.74, 6) is 0.431. The minimum Gasteiger partial charge on any atom is -0.381 e. The molecule has 1 unspecified atom stereocenters. The molecule has 1 amide bonds. The van der Waals surface area contributed by atoms with Crippen LogP contribution in [0.2, 0.25) is 0 Å². The van der Waals surface area contributed by atoms with Gasteiger partial charge >= 0.3 is 0 Å². The van der Waals surface area contributed by atoms with E-state index in [1.165, 1.54) is 0 Å². The number of carbonyl (C=O) groups is 1. The average Bonchev–Trinajstić information content (AvgIpc) is 3.40. The zero-order valence-electron chi connectivity index (χ0n) is 15.6. The summed E-state index contributed by atoms with van der Waals surface area (Å²) in [4.78, 5) is 15.2.